The molecule has 2 N–H and O–H groups in total. The van der Waals surface area contributed by atoms with E-state index in [4.69, 9.17) is 22.1 Å². The summed E-state index contributed by atoms with van der Waals surface area (Å²) in [6.07, 6.45) is 2.85. The number of halogens is 3. The minimum absolute atomic E-state index is 0.0141. The second kappa shape index (κ2) is 6.37. The topological polar surface area (TPSA) is 61.0 Å². The molecule has 0 fully saturated rings. The highest BCUT2D eigenvalue weighted by molar-refractivity contribution is 9.10. The number of nitrogens with zero attached hydrogens (tertiary/aromatic N) is 2. The van der Waals surface area contributed by atoms with E-state index in [1.54, 1.807) is 0 Å². The van der Waals surface area contributed by atoms with Gasteiger partial charge in [-0.15, -0.1) is 0 Å². The molecule has 1 aromatic carbocycles. The molecule has 0 atom stereocenters. The van der Waals surface area contributed by atoms with Crippen LogP contribution < -0.4 is 10.5 Å². The summed E-state index contributed by atoms with van der Waals surface area (Å²) in [5.41, 5.74) is 6.52. The summed E-state index contributed by atoms with van der Waals surface area (Å²) in [5, 5.41) is 0.0141. The van der Waals surface area contributed by atoms with Crippen molar-refractivity contribution >= 4 is 33.3 Å². The highest BCUT2D eigenvalue weighted by Crippen LogP contribution is 2.35. The maximum atomic E-state index is 13.5. The lowest BCUT2D eigenvalue weighted by Crippen LogP contribution is -2.03. The third kappa shape index (κ3) is 3.19. The number of aromatic nitrogens is 2. The van der Waals surface area contributed by atoms with Gasteiger partial charge in [0.25, 0.3) is 0 Å². The van der Waals surface area contributed by atoms with Crippen LogP contribution in [0.4, 0.5) is 10.2 Å². The van der Waals surface area contributed by atoms with E-state index in [2.05, 4.69) is 25.9 Å². The van der Waals surface area contributed by atoms with Gasteiger partial charge in [-0.3, -0.25) is 0 Å². The van der Waals surface area contributed by atoms with Gasteiger partial charge in [0.1, 0.15) is 23.7 Å². The van der Waals surface area contributed by atoms with Crippen molar-refractivity contribution in [1.29, 1.82) is 0 Å². The Hall–Kier alpha value is -1.40. The summed E-state index contributed by atoms with van der Waals surface area (Å²) >= 11 is 8.96. The van der Waals surface area contributed by atoms with Crippen LogP contribution in [0.15, 0.2) is 22.9 Å². The zero-order chi connectivity index (χ0) is 14.7. The molecule has 2 aromatic rings. The van der Waals surface area contributed by atoms with Gasteiger partial charge < -0.3 is 10.5 Å². The molecule has 0 bridgehead atoms. The molecule has 106 valence electrons. The lowest BCUT2D eigenvalue weighted by molar-refractivity contribution is 0.447. The first kappa shape index (κ1) is 15.0. The summed E-state index contributed by atoms with van der Waals surface area (Å²) in [4.78, 5) is 7.99. The molecule has 0 radical (unpaired) electrons. The van der Waals surface area contributed by atoms with Gasteiger partial charge in [-0.2, -0.15) is 0 Å². The molecule has 1 heterocycles. The average molecular weight is 361 g/mol. The Balaban J connectivity index is 2.40. The van der Waals surface area contributed by atoms with Gasteiger partial charge in [0.2, 0.25) is 5.88 Å². The highest BCUT2D eigenvalue weighted by Gasteiger charge is 2.14. The van der Waals surface area contributed by atoms with E-state index in [9.17, 15) is 4.39 Å². The first-order chi connectivity index (χ1) is 9.52. The van der Waals surface area contributed by atoms with Crippen molar-refractivity contribution in [3.8, 4) is 11.6 Å². The van der Waals surface area contributed by atoms with Crippen molar-refractivity contribution in [2.24, 2.45) is 0 Å². The first-order valence-corrected chi connectivity index (χ1v) is 7.11. The van der Waals surface area contributed by atoms with Crippen molar-refractivity contribution in [3.63, 3.8) is 0 Å². The summed E-state index contributed by atoms with van der Waals surface area (Å²) in [6, 6.07) is 2.62. The summed E-state index contributed by atoms with van der Waals surface area (Å²) < 4.78 is 19.7. The summed E-state index contributed by atoms with van der Waals surface area (Å²) in [6.45, 7) is 2.01. The fraction of sp³-hybridized carbons (Fsp3) is 0.231. The number of hydrogen-bond acceptors (Lipinski definition) is 4. The van der Waals surface area contributed by atoms with Crippen LogP contribution in [0, 0.1) is 5.82 Å². The van der Waals surface area contributed by atoms with Crippen LogP contribution in [0.5, 0.6) is 11.6 Å². The van der Waals surface area contributed by atoms with Gasteiger partial charge in [0.15, 0.2) is 0 Å². The maximum absolute atomic E-state index is 13.5. The predicted molar refractivity (Wildman–Crippen MR) is 79.6 cm³/mol. The van der Waals surface area contributed by atoms with E-state index in [0.29, 0.717) is 28.2 Å². The van der Waals surface area contributed by atoms with Gasteiger partial charge in [0.05, 0.1) is 15.1 Å². The predicted octanol–water partition coefficient (Wildman–Crippen LogP) is 4.36. The molecule has 1 aromatic heterocycles. The van der Waals surface area contributed by atoms with E-state index in [-0.39, 0.29) is 10.8 Å². The van der Waals surface area contributed by atoms with Gasteiger partial charge in [-0.25, -0.2) is 14.4 Å². The molecule has 0 unspecified atom stereocenters. The second-order valence-electron chi connectivity index (χ2n) is 4.09. The van der Waals surface area contributed by atoms with E-state index in [0.717, 1.165) is 6.42 Å². The Bertz CT molecular complexity index is 639. The standard InChI is InChI=1S/C13H12BrClFN3O/c1-2-3-7-12(17)18-6-19-13(7)20-11-5-10(16)9(15)4-8(11)14/h4-6H,2-3H2,1H3,(H2,17,18,19). The van der Waals surface area contributed by atoms with Gasteiger partial charge in [0, 0.05) is 6.07 Å². The third-order valence-electron chi connectivity index (χ3n) is 2.62. The molecule has 7 heteroatoms. The van der Waals surface area contributed by atoms with Gasteiger partial charge in [-0.1, -0.05) is 24.9 Å². The molecule has 0 spiro atoms. The van der Waals surface area contributed by atoms with E-state index < -0.39 is 5.82 Å². The monoisotopic (exact) mass is 359 g/mol. The lowest BCUT2D eigenvalue weighted by Gasteiger charge is -2.12. The Morgan fingerprint density at radius 2 is 2.15 bits per heavy atom. The number of ether oxygens (including phenoxy) is 1. The van der Waals surface area contributed by atoms with Crippen molar-refractivity contribution in [3.05, 3.63) is 39.3 Å². The molecule has 4 nitrogen and oxygen atoms in total. The molecule has 0 amide bonds. The minimum Gasteiger partial charge on any atom is -0.437 e. The van der Waals surface area contributed by atoms with Crippen LogP contribution in [0.2, 0.25) is 5.02 Å². The van der Waals surface area contributed by atoms with E-state index >= 15 is 0 Å². The Labute approximate surface area is 129 Å². The third-order valence-corrected chi connectivity index (χ3v) is 3.53. The Kier molecular flexibility index (Phi) is 4.77. The lowest BCUT2D eigenvalue weighted by atomic mass is 10.2. The number of rotatable bonds is 4. The van der Waals surface area contributed by atoms with Crippen LogP contribution in [-0.2, 0) is 6.42 Å². The fourth-order valence-corrected chi connectivity index (χ4v) is 2.39. The molecule has 2 rings (SSSR count). The Morgan fingerprint density at radius 1 is 1.40 bits per heavy atom. The number of nitrogen functional groups attached to an aromatic ring is 1. The normalized spacial score (nSPS) is 10.6. The molecule has 0 aliphatic rings. The van der Waals surface area contributed by atoms with E-state index in [1.165, 1.54) is 18.5 Å². The Morgan fingerprint density at radius 3 is 2.85 bits per heavy atom. The van der Waals surface area contributed by atoms with Crippen LogP contribution >= 0.6 is 27.5 Å². The van der Waals surface area contributed by atoms with Gasteiger partial charge in [-0.05, 0) is 28.4 Å². The second-order valence-corrected chi connectivity index (χ2v) is 5.35. The molecular formula is C13H12BrClFN3O. The van der Waals surface area contributed by atoms with Crippen LogP contribution in [0.25, 0.3) is 0 Å². The van der Waals surface area contributed by atoms with Crippen LogP contribution in [0.1, 0.15) is 18.9 Å². The zero-order valence-corrected chi connectivity index (χ0v) is 13.0. The SMILES string of the molecule is CCCc1c(N)ncnc1Oc1cc(F)c(Cl)cc1Br. The van der Waals surface area contributed by atoms with Crippen molar-refractivity contribution in [1.82, 2.24) is 9.97 Å². The van der Waals surface area contributed by atoms with Gasteiger partial charge >= 0.3 is 0 Å². The minimum atomic E-state index is -0.566. The van der Waals surface area contributed by atoms with Crippen molar-refractivity contribution < 1.29 is 9.13 Å². The number of benzene rings is 1. The average Bonchev–Trinajstić information content (AvgIpc) is 2.40. The molecule has 0 saturated heterocycles. The van der Waals surface area contributed by atoms with Crippen molar-refractivity contribution in [2.45, 2.75) is 19.8 Å². The molecular weight excluding hydrogens is 349 g/mol. The number of hydrogen-bond donors (Lipinski definition) is 1. The number of nitrogens with two attached hydrogens (primary N) is 1. The maximum Gasteiger partial charge on any atom is 0.227 e. The van der Waals surface area contributed by atoms with Crippen LogP contribution in [0.3, 0.4) is 0 Å². The van der Waals surface area contributed by atoms with Crippen molar-refractivity contribution in [2.75, 3.05) is 5.73 Å². The largest absolute Gasteiger partial charge is 0.437 e. The molecule has 0 aliphatic carbocycles. The molecule has 0 saturated carbocycles. The zero-order valence-electron chi connectivity index (χ0n) is 10.7. The van der Waals surface area contributed by atoms with E-state index in [1.807, 2.05) is 6.92 Å². The fourth-order valence-electron chi connectivity index (χ4n) is 1.67. The highest BCUT2D eigenvalue weighted by atomic mass is 79.9. The first-order valence-electron chi connectivity index (χ1n) is 5.94. The summed E-state index contributed by atoms with van der Waals surface area (Å²) in [7, 11) is 0. The summed E-state index contributed by atoms with van der Waals surface area (Å²) in [5.74, 6) is 0.399. The van der Waals surface area contributed by atoms with Crippen LogP contribution in [-0.4, -0.2) is 9.97 Å². The molecule has 0 aliphatic heterocycles. The smallest absolute Gasteiger partial charge is 0.227 e. The quantitative estimate of drug-likeness (QED) is 0.823. The number of anilines is 1. The molecule has 20 heavy (non-hydrogen) atoms.